The molecule has 6 heteroatoms. The van der Waals surface area contributed by atoms with Crippen molar-refractivity contribution in [1.82, 2.24) is 4.98 Å². The van der Waals surface area contributed by atoms with Crippen LogP contribution in [0.25, 0.3) is 0 Å². The summed E-state index contributed by atoms with van der Waals surface area (Å²) in [4.78, 5) is 14.8. The van der Waals surface area contributed by atoms with Gasteiger partial charge in [0.2, 0.25) is 0 Å². The number of carboxylic acids is 1. The lowest BCUT2D eigenvalue weighted by Crippen LogP contribution is -3.00. The van der Waals surface area contributed by atoms with Gasteiger partial charge in [-0.1, -0.05) is 0 Å². The Bertz CT molecular complexity index is 525. The Morgan fingerprint density at radius 2 is 2.11 bits per heavy atom. The van der Waals surface area contributed by atoms with Gasteiger partial charge in [-0.25, -0.2) is 4.98 Å². The lowest BCUT2D eigenvalue weighted by atomic mass is 10.3. The third kappa shape index (κ3) is 4.09. The van der Waals surface area contributed by atoms with Crippen molar-refractivity contribution in [2.45, 2.75) is 19.9 Å². The standard InChI is InChI=1S/C12H12N2O2S.ClH/c1-9-2-4-14(5-3-9)7-11-13-10(8-17-11)6-12(15)16;/h2-5,8H,6-7H2,1H3;1H. The molecule has 0 atom stereocenters. The highest BCUT2D eigenvalue weighted by molar-refractivity contribution is 7.09. The van der Waals surface area contributed by atoms with Gasteiger partial charge in [0.05, 0.1) is 12.1 Å². The average molecular weight is 285 g/mol. The molecule has 18 heavy (non-hydrogen) atoms. The smallest absolute Gasteiger partial charge is 0.309 e. The van der Waals surface area contributed by atoms with Crippen molar-refractivity contribution in [3.63, 3.8) is 0 Å². The van der Waals surface area contributed by atoms with E-state index in [4.69, 9.17) is 5.11 Å². The van der Waals surface area contributed by atoms with E-state index in [9.17, 15) is 4.79 Å². The molecular formula is C12H13ClN2O2S. The molecule has 4 nitrogen and oxygen atoms in total. The molecule has 2 rings (SSSR count). The van der Waals surface area contributed by atoms with Crippen LogP contribution in [0, 0.1) is 6.92 Å². The van der Waals surface area contributed by atoms with Crippen LogP contribution in [-0.4, -0.2) is 16.1 Å². The lowest BCUT2D eigenvalue weighted by molar-refractivity contribution is -0.688. The molecule has 0 saturated carbocycles. The zero-order valence-electron chi connectivity index (χ0n) is 9.84. The Labute approximate surface area is 115 Å². The second-order valence-corrected chi connectivity index (χ2v) is 4.79. The number of aryl methyl sites for hydroxylation is 1. The highest BCUT2D eigenvalue weighted by atomic mass is 35.5. The first-order chi connectivity index (χ1) is 8.13. The van der Waals surface area contributed by atoms with E-state index in [1.54, 1.807) is 5.38 Å². The SMILES string of the molecule is Cc1cc[n+](Cc2nc(CC(=O)O)cs2)cc1.[Cl-]. The van der Waals surface area contributed by atoms with Gasteiger partial charge < -0.3 is 17.5 Å². The van der Waals surface area contributed by atoms with Gasteiger partial charge in [-0.15, -0.1) is 11.3 Å². The van der Waals surface area contributed by atoms with Gasteiger partial charge in [0.1, 0.15) is 0 Å². The topological polar surface area (TPSA) is 54.1 Å². The van der Waals surface area contributed by atoms with Crippen molar-refractivity contribution in [1.29, 1.82) is 0 Å². The molecule has 1 N–H and O–H groups in total. The van der Waals surface area contributed by atoms with Crippen LogP contribution < -0.4 is 17.0 Å². The number of nitrogens with zero attached hydrogens (tertiary/aromatic N) is 2. The average Bonchev–Trinajstić information content (AvgIpc) is 2.68. The summed E-state index contributed by atoms with van der Waals surface area (Å²) in [6, 6.07) is 4.07. The molecule has 2 aromatic rings. The van der Waals surface area contributed by atoms with Crippen molar-refractivity contribution in [2.75, 3.05) is 0 Å². The molecule has 2 aromatic heterocycles. The zero-order valence-corrected chi connectivity index (χ0v) is 11.4. The fourth-order valence-corrected chi connectivity index (χ4v) is 2.25. The predicted octanol–water partition coefficient (Wildman–Crippen LogP) is -1.58. The van der Waals surface area contributed by atoms with Crippen LogP contribution in [0.15, 0.2) is 29.9 Å². The van der Waals surface area contributed by atoms with Gasteiger partial charge in [-0.3, -0.25) is 4.79 Å². The number of hydrogen-bond acceptors (Lipinski definition) is 3. The number of hydrogen-bond donors (Lipinski definition) is 1. The van der Waals surface area contributed by atoms with Gasteiger partial charge >= 0.3 is 5.97 Å². The van der Waals surface area contributed by atoms with Crippen molar-refractivity contribution in [3.05, 3.63) is 46.2 Å². The fourth-order valence-electron chi connectivity index (χ4n) is 1.45. The normalized spacial score (nSPS) is 9.83. The van der Waals surface area contributed by atoms with Gasteiger partial charge in [0.25, 0.3) is 0 Å². The summed E-state index contributed by atoms with van der Waals surface area (Å²) >= 11 is 1.50. The van der Waals surface area contributed by atoms with E-state index in [2.05, 4.69) is 4.98 Å². The minimum absolute atomic E-state index is 0. The quantitative estimate of drug-likeness (QED) is 0.690. The zero-order chi connectivity index (χ0) is 12.3. The van der Waals surface area contributed by atoms with Crippen molar-refractivity contribution in [2.24, 2.45) is 0 Å². The molecule has 0 fully saturated rings. The van der Waals surface area contributed by atoms with Gasteiger partial charge in [-0.05, 0) is 12.5 Å². The van der Waals surface area contributed by atoms with Crippen LogP contribution in [0.2, 0.25) is 0 Å². The molecule has 0 radical (unpaired) electrons. The molecule has 0 unspecified atom stereocenters. The molecule has 0 aliphatic rings. The summed E-state index contributed by atoms with van der Waals surface area (Å²) in [6.07, 6.45) is 3.98. The number of pyridine rings is 1. The van der Waals surface area contributed by atoms with E-state index in [1.807, 2.05) is 36.0 Å². The summed E-state index contributed by atoms with van der Waals surface area (Å²) in [7, 11) is 0. The largest absolute Gasteiger partial charge is 1.00 e. The van der Waals surface area contributed by atoms with Crippen molar-refractivity contribution >= 4 is 17.3 Å². The van der Waals surface area contributed by atoms with Crippen LogP contribution in [0.3, 0.4) is 0 Å². The second kappa shape index (κ2) is 6.47. The Morgan fingerprint density at radius 3 is 2.72 bits per heavy atom. The van der Waals surface area contributed by atoms with E-state index >= 15 is 0 Å². The van der Waals surface area contributed by atoms with Gasteiger partial charge in [0, 0.05) is 17.5 Å². The number of thiazole rings is 1. The fraction of sp³-hybridized carbons (Fsp3) is 0.250. The van der Waals surface area contributed by atoms with E-state index in [-0.39, 0.29) is 18.8 Å². The van der Waals surface area contributed by atoms with Gasteiger partial charge in [-0.2, -0.15) is 4.57 Å². The number of rotatable bonds is 4. The predicted molar refractivity (Wildman–Crippen MR) is 63.9 cm³/mol. The summed E-state index contributed by atoms with van der Waals surface area (Å²) < 4.78 is 2.02. The molecule has 0 aromatic carbocycles. The highest BCUT2D eigenvalue weighted by Crippen LogP contribution is 2.10. The first-order valence-electron chi connectivity index (χ1n) is 5.24. The van der Waals surface area contributed by atoms with Gasteiger partial charge in [0.15, 0.2) is 23.9 Å². The van der Waals surface area contributed by atoms with E-state index in [0.717, 1.165) is 5.01 Å². The van der Waals surface area contributed by atoms with Crippen LogP contribution in [-0.2, 0) is 17.8 Å². The van der Waals surface area contributed by atoms with Crippen LogP contribution in [0.5, 0.6) is 0 Å². The summed E-state index contributed by atoms with van der Waals surface area (Å²) in [5.41, 5.74) is 1.84. The Hall–Kier alpha value is -1.46. The molecule has 2 heterocycles. The third-order valence-electron chi connectivity index (χ3n) is 2.31. The first kappa shape index (κ1) is 14.6. The van der Waals surface area contributed by atoms with E-state index in [1.165, 1.54) is 16.9 Å². The summed E-state index contributed by atoms with van der Waals surface area (Å²) in [5.74, 6) is -0.843. The maximum absolute atomic E-state index is 10.5. The molecule has 0 bridgehead atoms. The summed E-state index contributed by atoms with van der Waals surface area (Å²) in [6.45, 7) is 2.73. The molecular weight excluding hydrogens is 272 g/mol. The minimum Gasteiger partial charge on any atom is -1.00 e. The van der Waals surface area contributed by atoms with Crippen LogP contribution in [0.4, 0.5) is 0 Å². The number of carbonyl (C=O) groups is 1. The minimum atomic E-state index is -0.843. The molecule has 0 spiro atoms. The van der Waals surface area contributed by atoms with Crippen LogP contribution >= 0.6 is 11.3 Å². The highest BCUT2D eigenvalue weighted by Gasteiger charge is 2.09. The molecule has 0 saturated heterocycles. The maximum Gasteiger partial charge on any atom is 0.309 e. The van der Waals surface area contributed by atoms with Crippen LogP contribution in [0.1, 0.15) is 16.3 Å². The maximum atomic E-state index is 10.5. The van der Waals surface area contributed by atoms with E-state index in [0.29, 0.717) is 12.2 Å². The monoisotopic (exact) mass is 284 g/mol. The number of carboxylic acid groups (broad SMARTS) is 1. The molecule has 0 amide bonds. The third-order valence-corrected chi connectivity index (χ3v) is 3.19. The number of halogens is 1. The first-order valence-corrected chi connectivity index (χ1v) is 6.12. The second-order valence-electron chi connectivity index (χ2n) is 3.85. The molecule has 0 aliphatic heterocycles. The number of aromatic nitrogens is 2. The Balaban J connectivity index is 0.00000162. The number of aliphatic carboxylic acids is 1. The summed E-state index contributed by atoms with van der Waals surface area (Å²) in [5, 5.41) is 11.4. The van der Waals surface area contributed by atoms with E-state index < -0.39 is 5.97 Å². The molecule has 0 aliphatic carbocycles. The van der Waals surface area contributed by atoms with Crippen molar-refractivity contribution < 1.29 is 26.9 Å². The van der Waals surface area contributed by atoms with Crippen molar-refractivity contribution in [3.8, 4) is 0 Å². The molecule has 96 valence electrons. The lowest BCUT2D eigenvalue weighted by Gasteiger charge is -1.93. The Kier molecular flexibility index (Phi) is 5.25. The Morgan fingerprint density at radius 1 is 1.44 bits per heavy atom.